The third kappa shape index (κ3) is 5.02. The number of carbonyl (C=O) groups is 2. The van der Waals surface area contributed by atoms with Gasteiger partial charge in [0.25, 0.3) is 0 Å². The quantitative estimate of drug-likeness (QED) is 0.708. The Bertz CT molecular complexity index is 801. The summed E-state index contributed by atoms with van der Waals surface area (Å²) in [5.41, 5.74) is 1.46. The van der Waals surface area contributed by atoms with Crippen LogP contribution in [0.3, 0.4) is 0 Å². The minimum atomic E-state index is -0.420. The second-order valence-corrected chi connectivity index (χ2v) is 8.14. The fourth-order valence-corrected chi connectivity index (χ4v) is 4.48. The molecule has 2 N–H and O–H groups in total. The fourth-order valence-electron chi connectivity index (χ4n) is 2.53. The van der Waals surface area contributed by atoms with Crippen molar-refractivity contribution < 1.29 is 14.0 Å². The smallest absolute Gasteiger partial charge is 0.238 e. The van der Waals surface area contributed by atoms with E-state index in [2.05, 4.69) is 10.6 Å². The Labute approximate surface area is 160 Å². The Balaban J connectivity index is 1.38. The molecule has 0 saturated heterocycles. The van der Waals surface area contributed by atoms with Gasteiger partial charge in [-0.05, 0) is 23.8 Å². The number of halogens is 1. The highest BCUT2D eigenvalue weighted by Gasteiger charge is 2.28. The summed E-state index contributed by atoms with van der Waals surface area (Å²) in [4.78, 5) is 25.2. The lowest BCUT2D eigenvalue weighted by Gasteiger charge is -2.23. The number of hydrogen-bond acceptors (Lipinski definition) is 4. The maximum Gasteiger partial charge on any atom is 0.238 e. The van der Waals surface area contributed by atoms with Crippen molar-refractivity contribution in [2.45, 2.75) is 22.3 Å². The van der Waals surface area contributed by atoms with Gasteiger partial charge in [-0.3, -0.25) is 9.59 Å². The van der Waals surface area contributed by atoms with E-state index < -0.39 is 5.25 Å². The second-order valence-electron chi connectivity index (χ2n) is 5.79. The Morgan fingerprint density at radius 2 is 1.96 bits per heavy atom. The lowest BCUT2D eigenvalue weighted by atomic mass is 10.2. The van der Waals surface area contributed by atoms with Crippen LogP contribution in [-0.4, -0.2) is 29.4 Å². The minimum absolute atomic E-state index is 0.141. The summed E-state index contributed by atoms with van der Waals surface area (Å²) in [5, 5.41) is 5.24. The molecule has 2 aromatic rings. The number of carbonyl (C=O) groups excluding carboxylic acids is 2. The number of amides is 2. The Morgan fingerprint density at radius 3 is 2.81 bits per heavy atom. The van der Waals surface area contributed by atoms with Crippen molar-refractivity contribution in [2.24, 2.45) is 0 Å². The van der Waals surface area contributed by atoms with Gasteiger partial charge >= 0.3 is 0 Å². The highest BCUT2D eigenvalue weighted by Crippen LogP contribution is 2.36. The maximum atomic E-state index is 13.5. The van der Waals surface area contributed by atoms with Crippen LogP contribution in [0.15, 0.2) is 53.4 Å². The van der Waals surface area contributed by atoms with Crippen molar-refractivity contribution in [2.75, 3.05) is 17.6 Å². The molecule has 3 rings (SSSR count). The molecule has 0 aliphatic carbocycles. The molecular formula is C19H19FN2O2S2. The summed E-state index contributed by atoms with van der Waals surface area (Å²) in [7, 11) is 0. The summed E-state index contributed by atoms with van der Waals surface area (Å²) >= 11 is 2.98. The molecule has 1 unspecified atom stereocenters. The molecule has 2 amide bonds. The molecule has 0 fully saturated rings. The molecule has 1 atom stereocenters. The number of hydrogen-bond donors (Lipinski definition) is 2. The van der Waals surface area contributed by atoms with Crippen molar-refractivity contribution in [1.82, 2.24) is 5.32 Å². The van der Waals surface area contributed by atoms with E-state index in [1.165, 1.54) is 17.8 Å². The van der Waals surface area contributed by atoms with Crippen LogP contribution in [-0.2, 0) is 15.3 Å². The van der Waals surface area contributed by atoms with Crippen LogP contribution in [0, 0.1) is 5.82 Å². The normalized spacial score (nSPS) is 15.9. The third-order valence-electron chi connectivity index (χ3n) is 3.86. The highest BCUT2D eigenvalue weighted by atomic mass is 32.2. The standard InChI is InChI=1S/C19H19FN2O2S2/c20-14-6-2-1-5-13(14)12-25-10-9-21-18(23)11-17-19(24)22-15-7-3-4-8-16(15)26-17/h1-8,17H,9-12H2,(H,21,23)(H,22,24). The third-order valence-corrected chi connectivity index (χ3v) is 6.14. The zero-order valence-corrected chi connectivity index (χ0v) is 15.7. The number of thioether (sulfide) groups is 2. The van der Waals surface area contributed by atoms with Crippen LogP contribution in [0.2, 0.25) is 0 Å². The second kappa shape index (κ2) is 9.09. The number of anilines is 1. The molecule has 2 aromatic carbocycles. The van der Waals surface area contributed by atoms with Gasteiger partial charge < -0.3 is 10.6 Å². The molecule has 136 valence electrons. The number of benzene rings is 2. The van der Waals surface area contributed by atoms with Gasteiger partial charge in [-0.1, -0.05) is 30.3 Å². The van der Waals surface area contributed by atoms with Gasteiger partial charge in [-0.2, -0.15) is 11.8 Å². The van der Waals surface area contributed by atoms with E-state index in [1.807, 2.05) is 30.3 Å². The molecular weight excluding hydrogens is 371 g/mol. The number of para-hydroxylation sites is 1. The van der Waals surface area contributed by atoms with Crippen LogP contribution in [0.1, 0.15) is 12.0 Å². The van der Waals surface area contributed by atoms with Gasteiger partial charge in [0.1, 0.15) is 5.82 Å². The summed E-state index contributed by atoms with van der Waals surface area (Å²) in [5.74, 6) is 0.763. The average Bonchev–Trinajstić information content (AvgIpc) is 2.63. The van der Waals surface area contributed by atoms with Crippen LogP contribution in [0.25, 0.3) is 0 Å². The molecule has 0 saturated carbocycles. The van der Waals surface area contributed by atoms with E-state index in [1.54, 1.807) is 23.9 Å². The summed E-state index contributed by atoms with van der Waals surface area (Å²) in [6.45, 7) is 0.494. The summed E-state index contributed by atoms with van der Waals surface area (Å²) in [6.07, 6.45) is 0.142. The van der Waals surface area contributed by atoms with Crippen LogP contribution >= 0.6 is 23.5 Å². The first-order valence-electron chi connectivity index (χ1n) is 8.28. The minimum Gasteiger partial charge on any atom is -0.355 e. The van der Waals surface area contributed by atoms with Gasteiger partial charge in [-0.15, -0.1) is 11.8 Å². The van der Waals surface area contributed by atoms with Gasteiger partial charge in [0, 0.05) is 29.4 Å². The van der Waals surface area contributed by atoms with Crippen molar-refractivity contribution in [3.05, 3.63) is 59.9 Å². The largest absolute Gasteiger partial charge is 0.355 e. The lowest BCUT2D eigenvalue weighted by molar-refractivity contribution is -0.123. The molecule has 0 bridgehead atoms. The Morgan fingerprint density at radius 1 is 1.19 bits per heavy atom. The number of rotatable bonds is 7. The Hall–Kier alpha value is -1.99. The predicted molar refractivity (Wildman–Crippen MR) is 105 cm³/mol. The molecule has 1 aliphatic heterocycles. The van der Waals surface area contributed by atoms with Crippen molar-refractivity contribution >= 4 is 41.0 Å². The van der Waals surface area contributed by atoms with E-state index in [0.717, 1.165) is 10.6 Å². The van der Waals surface area contributed by atoms with Crippen LogP contribution in [0.5, 0.6) is 0 Å². The summed E-state index contributed by atoms with van der Waals surface area (Å²) < 4.78 is 13.5. The molecule has 4 nitrogen and oxygen atoms in total. The topological polar surface area (TPSA) is 58.2 Å². The zero-order valence-electron chi connectivity index (χ0n) is 14.0. The van der Waals surface area contributed by atoms with Gasteiger partial charge in [0.15, 0.2) is 0 Å². The molecule has 0 spiro atoms. The monoisotopic (exact) mass is 390 g/mol. The molecule has 1 aliphatic rings. The Kier molecular flexibility index (Phi) is 6.57. The predicted octanol–water partition coefficient (Wildman–Crippen LogP) is 3.68. The maximum absolute atomic E-state index is 13.5. The lowest BCUT2D eigenvalue weighted by Crippen LogP contribution is -2.35. The summed E-state index contributed by atoms with van der Waals surface area (Å²) in [6, 6.07) is 14.2. The molecule has 1 heterocycles. The van der Waals surface area contributed by atoms with Crippen LogP contribution in [0.4, 0.5) is 10.1 Å². The van der Waals surface area contributed by atoms with Gasteiger partial charge in [0.05, 0.1) is 10.9 Å². The zero-order chi connectivity index (χ0) is 18.4. The van der Waals surface area contributed by atoms with E-state index >= 15 is 0 Å². The van der Waals surface area contributed by atoms with Gasteiger partial charge in [0.2, 0.25) is 11.8 Å². The molecule has 7 heteroatoms. The van der Waals surface area contributed by atoms with E-state index in [4.69, 9.17) is 0 Å². The molecule has 0 radical (unpaired) electrons. The van der Waals surface area contributed by atoms with Crippen molar-refractivity contribution in [1.29, 1.82) is 0 Å². The first kappa shape index (κ1) is 18.8. The number of fused-ring (bicyclic) bond motifs is 1. The van der Waals surface area contributed by atoms with E-state index in [-0.39, 0.29) is 24.1 Å². The van der Waals surface area contributed by atoms with Gasteiger partial charge in [-0.25, -0.2) is 4.39 Å². The first-order valence-corrected chi connectivity index (χ1v) is 10.3. The van der Waals surface area contributed by atoms with Crippen molar-refractivity contribution in [3.8, 4) is 0 Å². The highest BCUT2D eigenvalue weighted by molar-refractivity contribution is 8.01. The van der Waals surface area contributed by atoms with Crippen molar-refractivity contribution in [3.63, 3.8) is 0 Å². The fraction of sp³-hybridized carbons (Fsp3) is 0.263. The molecule has 26 heavy (non-hydrogen) atoms. The SMILES string of the molecule is O=C(CC1Sc2ccccc2NC1=O)NCCSCc1ccccc1F. The molecule has 0 aromatic heterocycles. The number of nitrogens with one attached hydrogen (secondary N) is 2. The van der Waals surface area contributed by atoms with E-state index in [9.17, 15) is 14.0 Å². The van der Waals surface area contributed by atoms with E-state index in [0.29, 0.717) is 23.6 Å². The van der Waals surface area contributed by atoms with Crippen LogP contribution < -0.4 is 10.6 Å². The first-order chi connectivity index (χ1) is 12.6. The average molecular weight is 391 g/mol.